The topological polar surface area (TPSA) is 29.3 Å². The van der Waals surface area contributed by atoms with Crippen LogP contribution in [0.3, 0.4) is 0 Å². The third-order valence-electron chi connectivity index (χ3n) is 4.29. The van der Waals surface area contributed by atoms with Gasteiger partial charge in [-0.15, -0.1) is 0 Å². The molecule has 1 aliphatic rings. The monoisotopic (exact) mass is 266 g/mol. The van der Waals surface area contributed by atoms with Gasteiger partial charge in [0.15, 0.2) is 0 Å². The molecule has 0 spiro atoms. The first kappa shape index (κ1) is 13.0. The molecule has 0 bridgehead atoms. The van der Waals surface area contributed by atoms with Crippen molar-refractivity contribution in [2.24, 2.45) is 0 Å². The number of aryl methyl sites for hydroxylation is 3. The van der Waals surface area contributed by atoms with E-state index in [1.807, 2.05) is 6.07 Å². The van der Waals surface area contributed by atoms with Gasteiger partial charge in [0, 0.05) is 18.4 Å². The van der Waals surface area contributed by atoms with Crippen molar-refractivity contribution in [3.63, 3.8) is 0 Å². The van der Waals surface area contributed by atoms with E-state index in [0.717, 1.165) is 12.1 Å². The number of anilines is 2. The Labute approximate surface area is 121 Å². The van der Waals surface area contributed by atoms with Crippen LogP contribution in [-0.2, 0) is 6.42 Å². The molecule has 2 aromatic rings. The largest absolute Gasteiger partial charge is 0.399 e. The van der Waals surface area contributed by atoms with Crippen LogP contribution in [0.25, 0.3) is 0 Å². The summed E-state index contributed by atoms with van der Waals surface area (Å²) in [6.07, 6.45) is 2.29. The average Bonchev–Trinajstić information content (AvgIpc) is 2.79. The van der Waals surface area contributed by atoms with Crippen LogP contribution in [-0.4, -0.2) is 7.05 Å². The number of benzene rings is 2. The predicted octanol–water partition coefficient (Wildman–Crippen LogP) is 4.01. The lowest BCUT2D eigenvalue weighted by atomic mass is 10.0. The van der Waals surface area contributed by atoms with Crippen LogP contribution in [0.1, 0.15) is 34.7 Å². The predicted molar refractivity (Wildman–Crippen MR) is 86.2 cm³/mol. The van der Waals surface area contributed by atoms with Gasteiger partial charge in [0.2, 0.25) is 0 Å². The SMILES string of the molecule is Cc1cc(C)cc(N(C)C2CCc3cc(N)ccc32)c1. The van der Waals surface area contributed by atoms with Crippen LogP contribution < -0.4 is 10.6 Å². The Morgan fingerprint density at radius 3 is 2.45 bits per heavy atom. The molecule has 2 N–H and O–H groups in total. The molecule has 0 fully saturated rings. The lowest BCUT2D eigenvalue weighted by Crippen LogP contribution is -2.22. The van der Waals surface area contributed by atoms with Crippen molar-refractivity contribution in [1.82, 2.24) is 0 Å². The molecule has 0 radical (unpaired) electrons. The molecule has 2 aromatic carbocycles. The van der Waals surface area contributed by atoms with Crippen LogP contribution in [0.4, 0.5) is 11.4 Å². The lowest BCUT2D eigenvalue weighted by Gasteiger charge is -2.28. The molecule has 1 aliphatic carbocycles. The summed E-state index contributed by atoms with van der Waals surface area (Å²) in [7, 11) is 2.20. The normalized spacial score (nSPS) is 17.1. The molecule has 20 heavy (non-hydrogen) atoms. The zero-order chi connectivity index (χ0) is 14.3. The quantitative estimate of drug-likeness (QED) is 0.832. The molecule has 3 rings (SSSR count). The maximum Gasteiger partial charge on any atom is 0.0545 e. The van der Waals surface area contributed by atoms with Crippen molar-refractivity contribution >= 4 is 11.4 Å². The fourth-order valence-electron chi connectivity index (χ4n) is 3.35. The maximum atomic E-state index is 5.89. The number of nitrogens with two attached hydrogens (primary N) is 1. The van der Waals surface area contributed by atoms with Gasteiger partial charge >= 0.3 is 0 Å². The first-order chi connectivity index (χ1) is 9.54. The molecule has 1 atom stereocenters. The van der Waals surface area contributed by atoms with Crippen LogP contribution in [0.15, 0.2) is 36.4 Å². The van der Waals surface area contributed by atoms with Gasteiger partial charge in [-0.25, -0.2) is 0 Å². The van der Waals surface area contributed by atoms with Crippen molar-refractivity contribution in [2.75, 3.05) is 17.7 Å². The van der Waals surface area contributed by atoms with Crippen LogP contribution in [0, 0.1) is 13.8 Å². The smallest absolute Gasteiger partial charge is 0.0545 e. The summed E-state index contributed by atoms with van der Waals surface area (Å²) in [6.45, 7) is 4.32. The highest BCUT2D eigenvalue weighted by molar-refractivity contribution is 5.55. The fourth-order valence-corrected chi connectivity index (χ4v) is 3.35. The average molecular weight is 266 g/mol. The molecule has 0 amide bonds. The van der Waals surface area contributed by atoms with Crippen molar-refractivity contribution in [1.29, 1.82) is 0 Å². The highest BCUT2D eigenvalue weighted by Gasteiger charge is 2.26. The molecule has 0 aliphatic heterocycles. The summed E-state index contributed by atoms with van der Waals surface area (Å²) in [6, 6.07) is 13.6. The van der Waals surface area contributed by atoms with Crippen molar-refractivity contribution in [2.45, 2.75) is 32.7 Å². The van der Waals surface area contributed by atoms with E-state index in [1.54, 1.807) is 0 Å². The highest BCUT2D eigenvalue weighted by Crippen LogP contribution is 2.38. The molecule has 0 saturated carbocycles. The van der Waals surface area contributed by atoms with Gasteiger partial charge in [0.1, 0.15) is 0 Å². The summed E-state index contributed by atoms with van der Waals surface area (Å²) < 4.78 is 0. The Hall–Kier alpha value is -1.96. The van der Waals surface area contributed by atoms with Crippen LogP contribution >= 0.6 is 0 Å². The first-order valence-electron chi connectivity index (χ1n) is 7.24. The van der Waals surface area contributed by atoms with E-state index in [0.29, 0.717) is 6.04 Å². The number of nitrogens with zero attached hydrogens (tertiary/aromatic N) is 1. The summed E-state index contributed by atoms with van der Waals surface area (Å²) >= 11 is 0. The Kier molecular flexibility index (Phi) is 3.17. The summed E-state index contributed by atoms with van der Waals surface area (Å²) in [4.78, 5) is 2.40. The van der Waals surface area contributed by atoms with Gasteiger partial charge < -0.3 is 10.6 Å². The Morgan fingerprint density at radius 2 is 1.75 bits per heavy atom. The van der Waals surface area contributed by atoms with Crippen molar-refractivity contribution in [3.05, 3.63) is 58.7 Å². The molecule has 0 saturated heterocycles. The minimum absolute atomic E-state index is 0.465. The minimum Gasteiger partial charge on any atom is -0.399 e. The Bertz CT molecular complexity index is 626. The highest BCUT2D eigenvalue weighted by atomic mass is 15.1. The first-order valence-corrected chi connectivity index (χ1v) is 7.24. The maximum absolute atomic E-state index is 5.89. The van der Waals surface area contributed by atoms with Gasteiger partial charge in [0.05, 0.1) is 6.04 Å². The molecular weight excluding hydrogens is 244 g/mol. The number of rotatable bonds is 2. The van der Waals surface area contributed by atoms with E-state index in [9.17, 15) is 0 Å². The summed E-state index contributed by atoms with van der Waals surface area (Å²) in [5.41, 5.74) is 13.5. The van der Waals surface area contributed by atoms with E-state index >= 15 is 0 Å². The zero-order valence-electron chi connectivity index (χ0n) is 12.5. The number of hydrogen-bond acceptors (Lipinski definition) is 2. The number of nitrogen functional groups attached to an aromatic ring is 1. The van der Waals surface area contributed by atoms with E-state index in [1.165, 1.54) is 34.4 Å². The van der Waals surface area contributed by atoms with Crippen LogP contribution in [0.2, 0.25) is 0 Å². The van der Waals surface area contributed by atoms with E-state index < -0.39 is 0 Å². The van der Waals surface area contributed by atoms with Gasteiger partial charge in [-0.3, -0.25) is 0 Å². The third-order valence-corrected chi connectivity index (χ3v) is 4.29. The molecule has 2 heteroatoms. The second kappa shape index (κ2) is 4.86. The third kappa shape index (κ3) is 2.26. The standard InChI is InChI=1S/C18H22N2/c1-12-8-13(2)10-16(9-12)20(3)18-7-4-14-11-15(19)5-6-17(14)18/h5-6,8-11,18H,4,7,19H2,1-3H3. The van der Waals surface area contributed by atoms with E-state index in [-0.39, 0.29) is 0 Å². The van der Waals surface area contributed by atoms with Crippen molar-refractivity contribution < 1.29 is 0 Å². The van der Waals surface area contributed by atoms with Gasteiger partial charge in [0.25, 0.3) is 0 Å². The van der Waals surface area contributed by atoms with E-state index in [2.05, 4.69) is 56.1 Å². The molecule has 104 valence electrons. The second-order valence-corrected chi connectivity index (χ2v) is 5.97. The number of fused-ring (bicyclic) bond motifs is 1. The van der Waals surface area contributed by atoms with E-state index in [4.69, 9.17) is 5.73 Å². The zero-order valence-corrected chi connectivity index (χ0v) is 12.5. The molecular formula is C18H22N2. The molecule has 0 aromatic heterocycles. The second-order valence-electron chi connectivity index (χ2n) is 5.97. The van der Waals surface area contributed by atoms with Gasteiger partial charge in [-0.05, 0) is 73.2 Å². The molecule has 0 heterocycles. The Balaban J connectivity index is 1.95. The summed E-state index contributed by atoms with van der Waals surface area (Å²) in [5.74, 6) is 0. The Morgan fingerprint density at radius 1 is 1.05 bits per heavy atom. The van der Waals surface area contributed by atoms with Gasteiger partial charge in [-0.2, -0.15) is 0 Å². The number of hydrogen-bond donors (Lipinski definition) is 1. The molecule has 1 unspecified atom stereocenters. The molecule has 2 nitrogen and oxygen atoms in total. The summed E-state index contributed by atoms with van der Waals surface area (Å²) in [5, 5.41) is 0. The minimum atomic E-state index is 0.465. The van der Waals surface area contributed by atoms with Gasteiger partial charge in [-0.1, -0.05) is 12.1 Å². The van der Waals surface area contributed by atoms with Crippen molar-refractivity contribution in [3.8, 4) is 0 Å². The lowest BCUT2D eigenvalue weighted by molar-refractivity contribution is 0.662. The van der Waals surface area contributed by atoms with Crippen LogP contribution in [0.5, 0.6) is 0 Å². The fraction of sp³-hybridized carbons (Fsp3) is 0.333.